The van der Waals surface area contributed by atoms with E-state index in [1.54, 1.807) is 0 Å². The Balaban J connectivity index is 1.71. The molecule has 0 amide bonds. The molecule has 3 nitrogen and oxygen atoms in total. The first-order chi connectivity index (χ1) is 10.2. The summed E-state index contributed by atoms with van der Waals surface area (Å²) in [5.74, 6) is 2.98. The molecule has 21 heavy (non-hydrogen) atoms. The summed E-state index contributed by atoms with van der Waals surface area (Å²) in [7, 11) is 0. The third-order valence-corrected chi connectivity index (χ3v) is 7.07. The van der Waals surface area contributed by atoms with E-state index in [1.807, 2.05) is 11.8 Å². The van der Waals surface area contributed by atoms with Crippen molar-refractivity contribution >= 4 is 11.8 Å². The van der Waals surface area contributed by atoms with Crippen LogP contribution >= 0.6 is 11.8 Å². The predicted octanol–water partition coefficient (Wildman–Crippen LogP) is 3.36. The summed E-state index contributed by atoms with van der Waals surface area (Å²) in [5.41, 5.74) is 6.89. The molecule has 3 atom stereocenters. The van der Waals surface area contributed by atoms with Crippen molar-refractivity contribution in [2.75, 3.05) is 24.7 Å². The van der Waals surface area contributed by atoms with E-state index in [1.165, 1.54) is 31.4 Å². The lowest BCUT2D eigenvalue weighted by Crippen LogP contribution is -2.58. The van der Waals surface area contributed by atoms with Crippen LogP contribution < -0.4 is 5.73 Å². The molecule has 3 unspecified atom stereocenters. The third kappa shape index (κ3) is 3.29. The Bertz CT molecular complexity index is 332. The molecule has 3 fully saturated rings. The molecule has 122 valence electrons. The molecule has 2 aliphatic heterocycles. The average Bonchev–Trinajstić information content (AvgIpc) is 2.95. The lowest BCUT2D eigenvalue weighted by Gasteiger charge is -2.48. The lowest BCUT2D eigenvalue weighted by atomic mass is 9.70. The minimum Gasteiger partial charge on any atom is -0.374 e. The molecule has 2 heterocycles. The first-order valence-electron chi connectivity index (χ1n) is 8.81. The molecule has 3 rings (SSSR count). The van der Waals surface area contributed by atoms with E-state index in [4.69, 9.17) is 15.2 Å². The SMILES string of the molecule is CCOC1(C(N)C2CCOC3(CCSC3)C2)CCCCC1. The summed E-state index contributed by atoms with van der Waals surface area (Å²) in [6.07, 6.45) is 9.68. The van der Waals surface area contributed by atoms with Crippen LogP contribution in [-0.2, 0) is 9.47 Å². The van der Waals surface area contributed by atoms with Gasteiger partial charge in [-0.25, -0.2) is 0 Å². The minimum atomic E-state index is -0.0536. The van der Waals surface area contributed by atoms with Gasteiger partial charge in [0.25, 0.3) is 0 Å². The normalized spacial score (nSPS) is 37.7. The Kier molecular flexibility index (Phi) is 5.19. The highest BCUT2D eigenvalue weighted by molar-refractivity contribution is 7.99. The van der Waals surface area contributed by atoms with Gasteiger partial charge in [-0.1, -0.05) is 19.3 Å². The second kappa shape index (κ2) is 6.77. The van der Waals surface area contributed by atoms with Crippen molar-refractivity contribution in [3.8, 4) is 0 Å². The molecule has 0 aromatic heterocycles. The summed E-state index contributed by atoms with van der Waals surface area (Å²) >= 11 is 2.04. The topological polar surface area (TPSA) is 44.5 Å². The Labute approximate surface area is 133 Å². The standard InChI is InChI=1S/C17H31NO2S/c1-2-19-17(7-4-3-5-8-17)15(18)14-6-10-20-16(12-14)9-11-21-13-16/h14-15H,2-13,18H2,1H3. The molecule has 1 spiro atoms. The van der Waals surface area contributed by atoms with Crippen molar-refractivity contribution in [3.63, 3.8) is 0 Å². The fourth-order valence-electron chi connectivity index (χ4n) is 4.68. The summed E-state index contributed by atoms with van der Waals surface area (Å²) in [5, 5.41) is 0. The summed E-state index contributed by atoms with van der Waals surface area (Å²) in [4.78, 5) is 0. The van der Waals surface area contributed by atoms with Gasteiger partial charge in [0.05, 0.1) is 11.2 Å². The highest BCUT2D eigenvalue weighted by atomic mass is 32.2. The second-order valence-corrected chi connectivity index (χ2v) is 8.28. The molecule has 0 radical (unpaired) electrons. The second-order valence-electron chi connectivity index (χ2n) is 7.17. The fraction of sp³-hybridized carbons (Fsp3) is 1.00. The quantitative estimate of drug-likeness (QED) is 0.864. The van der Waals surface area contributed by atoms with Crippen LogP contribution in [0.2, 0.25) is 0 Å². The van der Waals surface area contributed by atoms with Gasteiger partial charge < -0.3 is 15.2 Å². The van der Waals surface area contributed by atoms with Crippen LogP contribution in [0.15, 0.2) is 0 Å². The molecule has 1 aliphatic carbocycles. The van der Waals surface area contributed by atoms with Crippen molar-refractivity contribution in [2.45, 2.75) is 75.5 Å². The Morgan fingerprint density at radius 3 is 2.76 bits per heavy atom. The highest BCUT2D eigenvalue weighted by Crippen LogP contribution is 2.45. The van der Waals surface area contributed by atoms with Crippen molar-refractivity contribution in [3.05, 3.63) is 0 Å². The smallest absolute Gasteiger partial charge is 0.0835 e. The minimum absolute atomic E-state index is 0.0536. The Hall–Kier alpha value is 0.230. The lowest BCUT2D eigenvalue weighted by molar-refractivity contribution is -0.128. The zero-order chi connectivity index (χ0) is 14.8. The molecule has 0 bridgehead atoms. The van der Waals surface area contributed by atoms with Crippen molar-refractivity contribution < 1.29 is 9.47 Å². The molecular weight excluding hydrogens is 282 g/mol. The van der Waals surface area contributed by atoms with Gasteiger partial charge in [0.2, 0.25) is 0 Å². The van der Waals surface area contributed by atoms with Gasteiger partial charge in [0.1, 0.15) is 0 Å². The van der Waals surface area contributed by atoms with E-state index >= 15 is 0 Å². The van der Waals surface area contributed by atoms with Crippen LogP contribution in [-0.4, -0.2) is 42.0 Å². The summed E-state index contributed by atoms with van der Waals surface area (Å²) < 4.78 is 12.4. The number of nitrogens with two attached hydrogens (primary N) is 1. The molecule has 2 saturated heterocycles. The van der Waals surface area contributed by atoms with Gasteiger partial charge in [-0.05, 0) is 50.7 Å². The molecule has 3 aliphatic rings. The van der Waals surface area contributed by atoms with E-state index in [-0.39, 0.29) is 17.2 Å². The summed E-state index contributed by atoms with van der Waals surface area (Å²) in [6.45, 7) is 3.79. The van der Waals surface area contributed by atoms with Crippen LogP contribution in [0.5, 0.6) is 0 Å². The Morgan fingerprint density at radius 1 is 1.29 bits per heavy atom. The number of hydrogen-bond acceptors (Lipinski definition) is 4. The van der Waals surface area contributed by atoms with Gasteiger partial charge >= 0.3 is 0 Å². The maximum Gasteiger partial charge on any atom is 0.0835 e. The van der Waals surface area contributed by atoms with E-state index in [2.05, 4.69) is 6.92 Å². The fourth-order valence-corrected chi connectivity index (χ4v) is 6.05. The zero-order valence-electron chi connectivity index (χ0n) is 13.4. The number of hydrogen-bond donors (Lipinski definition) is 1. The Morgan fingerprint density at radius 2 is 2.10 bits per heavy atom. The van der Waals surface area contributed by atoms with Crippen LogP contribution in [0.4, 0.5) is 0 Å². The number of thioether (sulfide) groups is 1. The van der Waals surface area contributed by atoms with E-state index in [0.29, 0.717) is 5.92 Å². The highest BCUT2D eigenvalue weighted by Gasteiger charge is 2.48. The van der Waals surface area contributed by atoms with Gasteiger partial charge in [-0.2, -0.15) is 11.8 Å². The van der Waals surface area contributed by atoms with Crippen molar-refractivity contribution in [2.24, 2.45) is 11.7 Å². The monoisotopic (exact) mass is 313 g/mol. The average molecular weight is 314 g/mol. The van der Waals surface area contributed by atoms with Gasteiger partial charge in [0, 0.05) is 25.0 Å². The maximum atomic E-state index is 6.81. The van der Waals surface area contributed by atoms with Crippen LogP contribution in [0.25, 0.3) is 0 Å². The summed E-state index contributed by atoms with van der Waals surface area (Å²) in [6, 6.07) is 0.184. The van der Waals surface area contributed by atoms with E-state index in [0.717, 1.165) is 44.6 Å². The van der Waals surface area contributed by atoms with Gasteiger partial charge in [0.15, 0.2) is 0 Å². The third-order valence-electron chi connectivity index (χ3n) is 5.85. The number of ether oxygens (including phenoxy) is 2. The van der Waals surface area contributed by atoms with E-state index < -0.39 is 0 Å². The van der Waals surface area contributed by atoms with Crippen molar-refractivity contribution in [1.29, 1.82) is 0 Å². The largest absolute Gasteiger partial charge is 0.374 e. The number of rotatable bonds is 4. The first kappa shape index (κ1) is 16.1. The van der Waals surface area contributed by atoms with Gasteiger partial charge in [-0.15, -0.1) is 0 Å². The molecule has 2 N–H and O–H groups in total. The zero-order valence-corrected chi connectivity index (χ0v) is 14.3. The molecule has 0 aromatic rings. The molecule has 1 saturated carbocycles. The predicted molar refractivity (Wildman–Crippen MR) is 88.8 cm³/mol. The molecular formula is C17H31NO2S. The van der Waals surface area contributed by atoms with Crippen LogP contribution in [0.3, 0.4) is 0 Å². The van der Waals surface area contributed by atoms with Crippen molar-refractivity contribution in [1.82, 2.24) is 0 Å². The van der Waals surface area contributed by atoms with Crippen LogP contribution in [0, 0.1) is 5.92 Å². The van der Waals surface area contributed by atoms with Crippen LogP contribution in [0.1, 0.15) is 58.3 Å². The van der Waals surface area contributed by atoms with Gasteiger partial charge in [-0.3, -0.25) is 0 Å². The molecule has 4 heteroatoms. The first-order valence-corrected chi connectivity index (χ1v) is 9.96. The maximum absolute atomic E-state index is 6.81. The molecule has 0 aromatic carbocycles. The van der Waals surface area contributed by atoms with E-state index in [9.17, 15) is 0 Å².